The molecule has 0 aromatic heterocycles. The van der Waals surface area contributed by atoms with Gasteiger partial charge in [-0.05, 0) is 54.0 Å². The number of rotatable bonds is 12. The van der Waals surface area contributed by atoms with Gasteiger partial charge in [0.1, 0.15) is 6.04 Å². The fraction of sp³-hybridized carbons (Fsp3) is 0.231. The average Bonchev–Trinajstić information content (AvgIpc) is 2.86. The monoisotopic (exact) mass is 515 g/mol. The zero-order valence-electron chi connectivity index (χ0n) is 20.3. The van der Waals surface area contributed by atoms with Gasteiger partial charge in [0, 0.05) is 6.42 Å². The van der Waals surface area contributed by atoms with Crippen molar-refractivity contribution in [3.05, 3.63) is 59.7 Å². The zero-order valence-corrected chi connectivity index (χ0v) is 20.3. The number of aliphatic carboxylic acids is 2. The highest BCUT2D eigenvalue weighted by molar-refractivity contribution is 6.10. The van der Waals surface area contributed by atoms with Gasteiger partial charge < -0.3 is 35.6 Å². The van der Waals surface area contributed by atoms with E-state index >= 15 is 0 Å². The number of carbonyl (C=O) groups excluding carboxylic acids is 2. The Morgan fingerprint density at radius 2 is 1.27 bits per heavy atom. The highest BCUT2D eigenvalue weighted by Crippen LogP contribution is 2.27. The number of phenolic OH excluding ortho intramolecular Hbond substituents is 2. The van der Waals surface area contributed by atoms with E-state index in [4.69, 9.17) is 25.4 Å². The summed E-state index contributed by atoms with van der Waals surface area (Å²) in [6.07, 6.45) is 5.22. The predicted molar refractivity (Wildman–Crippen MR) is 134 cm³/mol. The maximum Gasteiger partial charge on any atom is 0.320 e. The van der Waals surface area contributed by atoms with Crippen LogP contribution in [0.4, 0.5) is 0 Å². The molecule has 6 N–H and O–H groups in total. The average molecular weight is 516 g/mol. The molecule has 11 nitrogen and oxygen atoms in total. The highest BCUT2D eigenvalue weighted by atomic mass is 16.5. The fourth-order valence-electron chi connectivity index (χ4n) is 2.67. The van der Waals surface area contributed by atoms with E-state index in [0.29, 0.717) is 22.6 Å². The van der Waals surface area contributed by atoms with Crippen LogP contribution >= 0.6 is 0 Å². The molecule has 37 heavy (non-hydrogen) atoms. The maximum atomic E-state index is 11.9. The van der Waals surface area contributed by atoms with Crippen LogP contribution in [0.3, 0.4) is 0 Å². The number of benzene rings is 2. The van der Waals surface area contributed by atoms with Crippen LogP contribution < -0.4 is 15.2 Å². The molecule has 1 atom stereocenters. The van der Waals surface area contributed by atoms with Gasteiger partial charge in [0.05, 0.1) is 20.6 Å². The van der Waals surface area contributed by atoms with Crippen LogP contribution in [-0.4, -0.2) is 64.2 Å². The van der Waals surface area contributed by atoms with Gasteiger partial charge in [0.15, 0.2) is 34.6 Å². The Balaban J connectivity index is 0.000000580. The lowest BCUT2D eigenvalue weighted by Crippen LogP contribution is -2.30. The van der Waals surface area contributed by atoms with E-state index in [0.717, 1.165) is 0 Å². The number of ketones is 2. The van der Waals surface area contributed by atoms with E-state index in [1.807, 2.05) is 0 Å². The Bertz CT molecular complexity index is 1100. The topological polar surface area (TPSA) is 194 Å². The van der Waals surface area contributed by atoms with Crippen molar-refractivity contribution in [1.82, 2.24) is 0 Å². The first kappa shape index (κ1) is 30.4. The minimum absolute atomic E-state index is 0.00662. The number of aromatic hydroxyl groups is 2. The van der Waals surface area contributed by atoms with E-state index < -0.39 is 18.0 Å². The third kappa shape index (κ3) is 11.6. The summed E-state index contributed by atoms with van der Waals surface area (Å²) < 4.78 is 10.00. The third-order valence-corrected chi connectivity index (χ3v) is 4.67. The molecular formula is C26H29NO10. The molecule has 0 bridgehead atoms. The zero-order chi connectivity index (χ0) is 28.0. The molecule has 11 heteroatoms. The van der Waals surface area contributed by atoms with Gasteiger partial charge in [-0.1, -0.05) is 24.3 Å². The number of hydrogen-bond acceptors (Lipinski definition) is 9. The first-order chi connectivity index (χ1) is 17.5. The molecule has 0 aliphatic rings. The van der Waals surface area contributed by atoms with E-state index in [1.54, 1.807) is 36.4 Å². The first-order valence-electron chi connectivity index (χ1n) is 10.8. The van der Waals surface area contributed by atoms with E-state index in [9.17, 15) is 29.4 Å². The third-order valence-electron chi connectivity index (χ3n) is 4.67. The number of methoxy groups -OCH3 is 2. The van der Waals surface area contributed by atoms with Gasteiger partial charge in [-0.15, -0.1) is 0 Å². The molecule has 1 unspecified atom stereocenters. The lowest BCUT2D eigenvalue weighted by atomic mass is 10.1. The van der Waals surface area contributed by atoms with Gasteiger partial charge in [-0.2, -0.15) is 0 Å². The van der Waals surface area contributed by atoms with Crippen LogP contribution in [0.2, 0.25) is 0 Å². The minimum Gasteiger partial charge on any atom is -0.504 e. The van der Waals surface area contributed by atoms with Crippen molar-refractivity contribution in [3.8, 4) is 23.0 Å². The predicted octanol–water partition coefficient (Wildman–Crippen LogP) is 2.63. The summed E-state index contributed by atoms with van der Waals surface area (Å²) >= 11 is 0. The summed E-state index contributed by atoms with van der Waals surface area (Å²) in [4.78, 5) is 43.7. The second-order valence-corrected chi connectivity index (χ2v) is 7.52. The molecule has 0 aliphatic heterocycles. The van der Waals surface area contributed by atoms with Crippen molar-refractivity contribution in [2.45, 2.75) is 25.3 Å². The van der Waals surface area contributed by atoms with Crippen LogP contribution in [0.15, 0.2) is 48.6 Å². The highest BCUT2D eigenvalue weighted by Gasteiger charge is 2.12. The first-order valence-corrected chi connectivity index (χ1v) is 10.8. The molecule has 2 aromatic rings. The lowest BCUT2D eigenvalue weighted by molar-refractivity contribution is -0.140. The molecule has 0 saturated heterocycles. The van der Waals surface area contributed by atoms with Gasteiger partial charge in [-0.25, -0.2) is 0 Å². The van der Waals surface area contributed by atoms with Gasteiger partial charge in [-0.3, -0.25) is 19.2 Å². The number of nitrogens with two attached hydrogens (primary N) is 1. The van der Waals surface area contributed by atoms with E-state index in [1.165, 1.54) is 38.5 Å². The molecule has 2 rings (SSSR count). The Morgan fingerprint density at radius 3 is 1.62 bits per heavy atom. The normalized spacial score (nSPS) is 11.4. The van der Waals surface area contributed by atoms with Gasteiger partial charge in [0.25, 0.3) is 0 Å². The van der Waals surface area contributed by atoms with Gasteiger partial charge in [0.2, 0.25) is 0 Å². The molecular weight excluding hydrogens is 486 g/mol. The van der Waals surface area contributed by atoms with Crippen molar-refractivity contribution in [2.24, 2.45) is 5.73 Å². The van der Waals surface area contributed by atoms with Crippen LogP contribution in [0.1, 0.15) is 30.4 Å². The number of carboxylic acid groups (broad SMARTS) is 2. The molecule has 0 spiro atoms. The second-order valence-electron chi connectivity index (χ2n) is 7.52. The summed E-state index contributed by atoms with van der Waals surface area (Å²) in [6, 6.07) is 8.28. The maximum absolute atomic E-state index is 11.9. The van der Waals surface area contributed by atoms with E-state index in [-0.39, 0.29) is 42.3 Å². The molecule has 0 fully saturated rings. The Kier molecular flexibility index (Phi) is 12.6. The van der Waals surface area contributed by atoms with Crippen molar-refractivity contribution in [2.75, 3.05) is 14.2 Å². The number of carboxylic acids is 2. The summed E-state index contributed by atoms with van der Waals surface area (Å²) in [5.41, 5.74) is 6.33. The number of phenols is 2. The molecule has 0 radical (unpaired) electrons. The molecule has 0 heterocycles. The van der Waals surface area contributed by atoms with Crippen LogP contribution in [0.5, 0.6) is 23.0 Å². The molecule has 198 valence electrons. The summed E-state index contributed by atoms with van der Waals surface area (Å²) in [5.74, 6) is -2.28. The molecule has 0 saturated carbocycles. The Labute approximate surface area is 213 Å². The summed E-state index contributed by atoms with van der Waals surface area (Å²) in [5, 5.41) is 35.4. The van der Waals surface area contributed by atoms with Crippen molar-refractivity contribution in [3.63, 3.8) is 0 Å². The Hall–Kier alpha value is -4.64. The quantitative estimate of drug-likeness (QED) is 0.206. The SMILES string of the molecule is COc1cc(/C=C/C(=O)CC(=O)/C=C/c2ccc(O)c(OC)c2)ccc1O.NC(CCC(=O)O)C(=O)O. The van der Waals surface area contributed by atoms with Gasteiger partial charge >= 0.3 is 11.9 Å². The van der Waals surface area contributed by atoms with E-state index in [2.05, 4.69) is 0 Å². The van der Waals surface area contributed by atoms with Crippen molar-refractivity contribution in [1.29, 1.82) is 0 Å². The van der Waals surface area contributed by atoms with Crippen molar-refractivity contribution < 1.29 is 49.1 Å². The molecule has 2 aromatic carbocycles. The number of carbonyl (C=O) groups is 4. The number of ether oxygens (including phenoxy) is 2. The lowest BCUT2D eigenvalue weighted by Gasteiger charge is -2.03. The second kappa shape index (κ2) is 15.4. The smallest absolute Gasteiger partial charge is 0.320 e. The minimum atomic E-state index is -1.17. The Morgan fingerprint density at radius 1 is 0.838 bits per heavy atom. The molecule has 0 aliphatic carbocycles. The van der Waals surface area contributed by atoms with Crippen molar-refractivity contribution >= 4 is 35.7 Å². The summed E-state index contributed by atoms with van der Waals surface area (Å²) in [7, 11) is 2.87. The van der Waals surface area contributed by atoms with Crippen LogP contribution in [0.25, 0.3) is 12.2 Å². The van der Waals surface area contributed by atoms with Crippen LogP contribution in [0, 0.1) is 0 Å². The largest absolute Gasteiger partial charge is 0.504 e. The fourth-order valence-corrected chi connectivity index (χ4v) is 2.67. The number of allylic oxidation sites excluding steroid dienone is 2. The number of hydrogen-bond donors (Lipinski definition) is 5. The molecule has 0 amide bonds. The van der Waals surface area contributed by atoms with Crippen LogP contribution in [-0.2, 0) is 19.2 Å². The standard InChI is InChI=1S/C21H20O6.C5H9NO4/c1-26-20-11-14(5-9-18(20)24)3-7-16(22)13-17(23)8-4-15-6-10-19(25)21(12-15)27-2;6-3(5(9)10)1-2-4(7)8/h3-12,24-25H,13H2,1-2H3;3H,1-2,6H2,(H,7,8)(H,9,10)/b7-3+,8-4+;. The summed E-state index contributed by atoms with van der Waals surface area (Å²) in [6.45, 7) is 0.